The van der Waals surface area contributed by atoms with Gasteiger partial charge in [-0.05, 0) is 0 Å². The van der Waals surface area contributed by atoms with Crippen LogP contribution in [0.4, 0.5) is 0 Å². The molecule has 0 aromatic heterocycles. The largest absolute Gasteiger partial charge is 0.310 e. The Morgan fingerprint density at radius 2 is 2.00 bits per heavy atom. The van der Waals surface area contributed by atoms with Crippen molar-refractivity contribution in [2.45, 2.75) is 6.42 Å². The summed E-state index contributed by atoms with van der Waals surface area (Å²) in [5, 5.41) is 2.74. The van der Waals surface area contributed by atoms with Gasteiger partial charge in [0.1, 0.15) is 12.6 Å². The lowest BCUT2D eigenvalue weighted by Gasteiger charge is -1.90. The third-order valence-corrected chi connectivity index (χ3v) is 0.667. The maximum atomic E-state index is 9.64. The molecule has 0 fully saturated rings. The van der Waals surface area contributed by atoms with Gasteiger partial charge in [-0.3, -0.25) is 0 Å². The zero-order chi connectivity index (χ0) is 6.24. The van der Waals surface area contributed by atoms with Crippen molar-refractivity contribution in [2.75, 3.05) is 13.1 Å². The number of carbonyl (C=O) groups excluding carboxylic acids is 2. The van der Waals surface area contributed by atoms with Gasteiger partial charge < -0.3 is 14.9 Å². The second kappa shape index (κ2) is 6.30. The molecule has 0 radical (unpaired) electrons. The third-order valence-electron chi connectivity index (χ3n) is 0.667. The van der Waals surface area contributed by atoms with Crippen LogP contribution in [0.15, 0.2) is 0 Å². The normalized spacial score (nSPS) is 8.50. The number of hydrogen-bond acceptors (Lipinski definition) is 3. The van der Waals surface area contributed by atoms with E-state index in [1.54, 1.807) is 0 Å². The summed E-state index contributed by atoms with van der Waals surface area (Å²) in [6.45, 7) is 0.941. The lowest BCUT2D eigenvalue weighted by Crippen LogP contribution is -2.17. The molecule has 8 heavy (non-hydrogen) atoms. The van der Waals surface area contributed by atoms with Crippen molar-refractivity contribution < 1.29 is 9.59 Å². The van der Waals surface area contributed by atoms with Gasteiger partial charge in [0.2, 0.25) is 0 Å². The fourth-order valence-corrected chi connectivity index (χ4v) is 0.322. The van der Waals surface area contributed by atoms with Crippen LogP contribution in [0.5, 0.6) is 0 Å². The summed E-state index contributed by atoms with van der Waals surface area (Å²) < 4.78 is 0. The maximum absolute atomic E-state index is 9.64. The number of aldehydes is 2. The second-order valence-corrected chi connectivity index (χ2v) is 1.33. The van der Waals surface area contributed by atoms with E-state index in [0.717, 1.165) is 12.6 Å². The van der Waals surface area contributed by atoms with Crippen LogP contribution in [-0.4, -0.2) is 25.7 Å². The molecule has 3 heteroatoms. The van der Waals surface area contributed by atoms with E-state index in [1.807, 2.05) is 0 Å². The van der Waals surface area contributed by atoms with Crippen LogP contribution in [0.25, 0.3) is 0 Å². The Kier molecular flexibility index (Phi) is 5.75. The maximum Gasteiger partial charge on any atom is 0.133 e. The smallest absolute Gasteiger partial charge is 0.133 e. The molecule has 0 heterocycles. The van der Waals surface area contributed by atoms with Gasteiger partial charge in [0, 0.05) is 13.0 Å². The molecule has 1 N–H and O–H groups in total. The van der Waals surface area contributed by atoms with Crippen LogP contribution in [0.1, 0.15) is 6.42 Å². The van der Waals surface area contributed by atoms with E-state index in [1.165, 1.54) is 0 Å². The Labute approximate surface area is 48.1 Å². The van der Waals surface area contributed by atoms with Crippen molar-refractivity contribution in [1.29, 1.82) is 0 Å². The van der Waals surface area contributed by atoms with Crippen molar-refractivity contribution in [3.63, 3.8) is 0 Å². The molecule has 0 aromatic carbocycles. The van der Waals surface area contributed by atoms with Gasteiger partial charge in [0.05, 0.1) is 6.54 Å². The van der Waals surface area contributed by atoms with Crippen molar-refractivity contribution in [2.24, 2.45) is 0 Å². The molecular weight excluding hydrogens is 106 g/mol. The standard InChI is InChI=1S/C5H9NO2/c7-4-1-2-6-3-5-8/h4-6H,1-3H2. The molecule has 0 spiro atoms. The molecule has 0 atom stereocenters. The van der Waals surface area contributed by atoms with E-state index in [4.69, 9.17) is 0 Å². The van der Waals surface area contributed by atoms with E-state index in [9.17, 15) is 9.59 Å². The summed E-state index contributed by atoms with van der Waals surface area (Å²) in [5.74, 6) is 0. The highest BCUT2D eigenvalue weighted by Crippen LogP contribution is 1.63. The van der Waals surface area contributed by atoms with Crippen molar-refractivity contribution in [1.82, 2.24) is 5.32 Å². The Hall–Kier alpha value is -0.700. The molecule has 0 bridgehead atoms. The minimum absolute atomic E-state index is 0.341. The fourth-order valence-electron chi connectivity index (χ4n) is 0.322. The van der Waals surface area contributed by atoms with Crippen molar-refractivity contribution in [3.8, 4) is 0 Å². The molecule has 0 aliphatic rings. The Morgan fingerprint density at radius 1 is 1.25 bits per heavy atom. The van der Waals surface area contributed by atoms with Crippen LogP contribution in [0.2, 0.25) is 0 Å². The molecule has 46 valence electrons. The monoisotopic (exact) mass is 115 g/mol. The van der Waals surface area contributed by atoms with Crippen LogP contribution < -0.4 is 5.32 Å². The van der Waals surface area contributed by atoms with Crippen LogP contribution in [-0.2, 0) is 9.59 Å². The third kappa shape index (κ3) is 5.30. The predicted octanol–water partition coefficient (Wildman–Crippen LogP) is -0.636. The molecule has 0 unspecified atom stereocenters. The minimum atomic E-state index is 0.341. The highest BCUT2D eigenvalue weighted by atomic mass is 16.1. The topological polar surface area (TPSA) is 46.2 Å². The Bertz CT molecular complexity index is 62.8. The second-order valence-electron chi connectivity index (χ2n) is 1.33. The molecular formula is C5H9NO2. The molecule has 0 amide bonds. The summed E-state index contributed by atoms with van der Waals surface area (Å²) in [5.41, 5.74) is 0. The van der Waals surface area contributed by atoms with E-state index in [-0.39, 0.29) is 0 Å². The fraction of sp³-hybridized carbons (Fsp3) is 0.600. The van der Waals surface area contributed by atoms with Gasteiger partial charge in [-0.25, -0.2) is 0 Å². The van der Waals surface area contributed by atoms with Crippen molar-refractivity contribution in [3.05, 3.63) is 0 Å². The van der Waals surface area contributed by atoms with Crippen molar-refractivity contribution >= 4 is 12.6 Å². The zero-order valence-electron chi connectivity index (χ0n) is 4.59. The zero-order valence-corrected chi connectivity index (χ0v) is 4.59. The highest BCUT2D eigenvalue weighted by Gasteiger charge is 1.80. The first-order chi connectivity index (χ1) is 3.91. The molecule has 0 saturated carbocycles. The number of carbonyl (C=O) groups is 2. The number of rotatable bonds is 5. The number of nitrogens with one attached hydrogen (secondary N) is 1. The van der Waals surface area contributed by atoms with Gasteiger partial charge in [-0.1, -0.05) is 0 Å². The summed E-state index contributed by atoms with van der Waals surface area (Å²) in [7, 11) is 0. The molecule has 3 nitrogen and oxygen atoms in total. The van der Waals surface area contributed by atoms with Crippen LogP contribution >= 0.6 is 0 Å². The van der Waals surface area contributed by atoms with Gasteiger partial charge in [0.15, 0.2) is 0 Å². The molecule has 0 aliphatic carbocycles. The summed E-state index contributed by atoms with van der Waals surface area (Å²) in [4.78, 5) is 19.3. The Balaban J connectivity index is 2.71. The Morgan fingerprint density at radius 3 is 2.50 bits per heavy atom. The summed E-state index contributed by atoms with van der Waals surface area (Å²) >= 11 is 0. The predicted molar refractivity (Wildman–Crippen MR) is 29.6 cm³/mol. The average Bonchev–Trinajstić information content (AvgIpc) is 1.81. The van der Waals surface area contributed by atoms with Crippen LogP contribution in [0, 0.1) is 0 Å². The molecule has 0 rings (SSSR count). The lowest BCUT2D eigenvalue weighted by atomic mass is 10.5. The van der Waals surface area contributed by atoms with Gasteiger partial charge in [-0.15, -0.1) is 0 Å². The SMILES string of the molecule is O=CCCNCC=O. The average molecular weight is 115 g/mol. The van der Waals surface area contributed by atoms with E-state index in [0.29, 0.717) is 19.5 Å². The van der Waals surface area contributed by atoms with E-state index < -0.39 is 0 Å². The molecule has 0 aliphatic heterocycles. The van der Waals surface area contributed by atoms with Gasteiger partial charge in [-0.2, -0.15) is 0 Å². The first kappa shape index (κ1) is 7.30. The van der Waals surface area contributed by atoms with Gasteiger partial charge >= 0.3 is 0 Å². The molecule has 0 aromatic rings. The van der Waals surface area contributed by atoms with E-state index in [2.05, 4.69) is 5.32 Å². The molecule has 0 saturated heterocycles. The highest BCUT2D eigenvalue weighted by molar-refractivity contribution is 5.52. The number of hydrogen-bond donors (Lipinski definition) is 1. The summed E-state index contributed by atoms with van der Waals surface area (Å²) in [6, 6.07) is 0. The van der Waals surface area contributed by atoms with Crippen LogP contribution in [0.3, 0.4) is 0 Å². The quantitative estimate of drug-likeness (QED) is 0.383. The van der Waals surface area contributed by atoms with E-state index >= 15 is 0 Å². The lowest BCUT2D eigenvalue weighted by molar-refractivity contribution is -0.109. The summed E-state index contributed by atoms with van der Waals surface area (Å²) in [6.07, 6.45) is 2.07. The van der Waals surface area contributed by atoms with Gasteiger partial charge in [0.25, 0.3) is 0 Å². The first-order valence-corrected chi connectivity index (χ1v) is 2.50. The first-order valence-electron chi connectivity index (χ1n) is 2.50. The minimum Gasteiger partial charge on any atom is -0.310 e.